The Bertz CT molecular complexity index is 244. The number of hydrogen-bond acceptors (Lipinski definition) is 5. The van der Waals surface area contributed by atoms with Crippen LogP contribution in [0.3, 0.4) is 0 Å². The van der Waals surface area contributed by atoms with E-state index in [9.17, 15) is 0 Å². The Kier molecular flexibility index (Phi) is 2.22. The van der Waals surface area contributed by atoms with Crippen molar-refractivity contribution in [2.24, 2.45) is 5.73 Å². The van der Waals surface area contributed by atoms with E-state index in [0.29, 0.717) is 12.3 Å². The Morgan fingerprint density at radius 3 is 2.91 bits per heavy atom. The summed E-state index contributed by atoms with van der Waals surface area (Å²) >= 11 is 0. The minimum atomic E-state index is -0.294. The molecule has 0 aliphatic heterocycles. The van der Waals surface area contributed by atoms with E-state index in [0.717, 1.165) is 0 Å². The molecule has 0 aliphatic carbocycles. The molecule has 1 atom stereocenters. The maximum Gasteiger partial charge on any atom is 0.260 e. The molecule has 1 unspecified atom stereocenters. The Morgan fingerprint density at radius 1 is 1.73 bits per heavy atom. The molecule has 5 heteroatoms. The summed E-state index contributed by atoms with van der Waals surface area (Å²) in [6, 6.07) is -0.294. The van der Waals surface area contributed by atoms with Gasteiger partial charge in [0.2, 0.25) is 5.89 Å². The Balaban J connectivity index is 2.67. The Hall–Kier alpha value is -1.36. The fourth-order valence-corrected chi connectivity index (χ4v) is 0.678. The van der Waals surface area contributed by atoms with Crippen molar-refractivity contribution in [1.82, 2.24) is 10.1 Å². The zero-order valence-electron chi connectivity index (χ0n) is 6.03. The van der Waals surface area contributed by atoms with Gasteiger partial charge in [-0.15, -0.1) is 6.58 Å². The summed E-state index contributed by atoms with van der Waals surface area (Å²) in [5, 5.41) is 3.40. The zero-order valence-corrected chi connectivity index (χ0v) is 6.03. The van der Waals surface area contributed by atoms with Crippen molar-refractivity contribution in [1.29, 1.82) is 0 Å². The number of nitrogen functional groups attached to an aromatic ring is 1. The highest BCUT2D eigenvalue weighted by Crippen LogP contribution is 2.11. The molecule has 11 heavy (non-hydrogen) atoms. The van der Waals surface area contributed by atoms with Crippen LogP contribution in [0.2, 0.25) is 0 Å². The molecule has 1 aromatic rings. The first-order valence-corrected chi connectivity index (χ1v) is 3.19. The van der Waals surface area contributed by atoms with Gasteiger partial charge in [-0.25, -0.2) is 0 Å². The van der Waals surface area contributed by atoms with Crippen molar-refractivity contribution in [3.63, 3.8) is 0 Å². The molecule has 5 nitrogen and oxygen atoms in total. The molecule has 0 aromatic carbocycles. The van der Waals surface area contributed by atoms with Gasteiger partial charge in [0.05, 0.1) is 6.04 Å². The van der Waals surface area contributed by atoms with Crippen LogP contribution in [-0.4, -0.2) is 10.1 Å². The van der Waals surface area contributed by atoms with Gasteiger partial charge >= 0.3 is 0 Å². The van der Waals surface area contributed by atoms with E-state index in [1.807, 2.05) is 0 Å². The summed E-state index contributed by atoms with van der Waals surface area (Å²) < 4.78 is 4.72. The van der Waals surface area contributed by atoms with Crippen LogP contribution < -0.4 is 11.5 Å². The standard InChI is InChI=1S/C6H10N4O/c1-2-3-4(7)5-9-6(8)10-11-5/h2,4H,1,3,7H2,(H2,8,10). The lowest BCUT2D eigenvalue weighted by molar-refractivity contribution is 0.356. The third kappa shape index (κ3) is 1.78. The molecule has 0 amide bonds. The van der Waals surface area contributed by atoms with Crippen molar-refractivity contribution in [3.8, 4) is 0 Å². The molecule has 0 spiro atoms. The normalized spacial score (nSPS) is 12.8. The van der Waals surface area contributed by atoms with Gasteiger partial charge in [0.1, 0.15) is 0 Å². The molecule has 1 heterocycles. The SMILES string of the molecule is C=CCC(N)c1nc(N)no1. The molecule has 0 saturated carbocycles. The molecule has 0 fully saturated rings. The molecular weight excluding hydrogens is 144 g/mol. The summed E-state index contributed by atoms with van der Waals surface area (Å²) in [5.41, 5.74) is 10.8. The van der Waals surface area contributed by atoms with Crippen LogP contribution in [-0.2, 0) is 0 Å². The van der Waals surface area contributed by atoms with E-state index in [1.54, 1.807) is 6.08 Å². The molecule has 0 aliphatic rings. The number of anilines is 1. The average Bonchev–Trinajstić information content (AvgIpc) is 2.36. The quantitative estimate of drug-likeness (QED) is 0.608. The molecule has 60 valence electrons. The maximum absolute atomic E-state index is 5.60. The largest absolute Gasteiger partial charge is 0.365 e. The summed E-state index contributed by atoms with van der Waals surface area (Å²) in [5.74, 6) is 0.460. The van der Waals surface area contributed by atoms with E-state index < -0.39 is 0 Å². The number of hydrogen-bond donors (Lipinski definition) is 2. The van der Waals surface area contributed by atoms with Crippen molar-refractivity contribution >= 4 is 5.95 Å². The molecule has 1 rings (SSSR count). The van der Waals surface area contributed by atoms with Gasteiger partial charge in [0.25, 0.3) is 5.95 Å². The maximum atomic E-state index is 5.60. The van der Waals surface area contributed by atoms with Gasteiger partial charge in [-0.1, -0.05) is 6.08 Å². The van der Waals surface area contributed by atoms with Crippen molar-refractivity contribution in [2.75, 3.05) is 5.73 Å². The highest BCUT2D eigenvalue weighted by Gasteiger charge is 2.10. The molecule has 1 aromatic heterocycles. The topological polar surface area (TPSA) is 91.0 Å². The number of rotatable bonds is 3. The first kappa shape index (κ1) is 7.74. The smallest absolute Gasteiger partial charge is 0.260 e. The van der Waals surface area contributed by atoms with Gasteiger partial charge in [-0.2, -0.15) is 4.98 Å². The van der Waals surface area contributed by atoms with Gasteiger partial charge in [0, 0.05) is 0 Å². The van der Waals surface area contributed by atoms with Crippen LogP contribution in [0, 0.1) is 0 Å². The second-order valence-corrected chi connectivity index (χ2v) is 2.12. The van der Waals surface area contributed by atoms with Crippen LogP contribution in [0.5, 0.6) is 0 Å². The fraction of sp³-hybridized carbons (Fsp3) is 0.333. The van der Waals surface area contributed by atoms with Crippen LogP contribution >= 0.6 is 0 Å². The first-order valence-electron chi connectivity index (χ1n) is 3.19. The number of aromatic nitrogens is 2. The lowest BCUT2D eigenvalue weighted by atomic mass is 10.2. The van der Waals surface area contributed by atoms with E-state index in [4.69, 9.17) is 16.0 Å². The molecule has 4 N–H and O–H groups in total. The minimum Gasteiger partial charge on any atom is -0.365 e. The Morgan fingerprint density at radius 2 is 2.45 bits per heavy atom. The molecule has 0 bridgehead atoms. The first-order chi connectivity index (χ1) is 5.24. The average molecular weight is 154 g/mol. The second kappa shape index (κ2) is 3.16. The lowest BCUT2D eigenvalue weighted by Crippen LogP contribution is -2.09. The summed E-state index contributed by atoms with van der Waals surface area (Å²) in [7, 11) is 0. The highest BCUT2D eigenvalue weighted by molar-refractivity contribution is 5.11. The third-order valence-electron chi connectivity index (χ3n) is 1.20. The van der Waals surface area contributed by atoms with Gasteiger partial charge in [-0.05, 0) is 11.6 Å². The summed E-state index contributed by atoms with van der Waals surface area (Å²) in [6.45, 7) is 3.53. The minimum absolute atomic E-state index is 0.111. The van der Waals surface area contributed by atoms with Crippen molar-refractivity contribution in [3.05, 3.63) is 18.5 Å². The van der Waals surface area contributed by atoms with Gasteiger partial charge in [-0.3, -0.25) is 0 Å². The van der Waals surface area contributed by atoms with Crippen LogP contribution in [0.25, 0.3) is 0 Å². The third-order valence-corrected chi connectivity index (χ3v) is 1.20. The lowest BCUT2D eigenvalue weighted by Gasteiger charge is -1.99. The molecule has 0 radical (unpaired) electrons. The second-order valence-electron chi connectivity index (χ2n) is 2.12. The van der Waals surface area contributed by atoms with Gasteiger partial charge in [0.15, 0.2) is 0 Å². The highest BCUT2D eigenvalue weighted by atomic mass is 16.5. The molecular formula is C6H10N4O. The molecule has 0 saturated heterocycles. The van der Waals surface area contributed by atoms with E-state index in [2.05, 4.69) is 16.7 Å². The fourth-order valence-electron chi connectivity index (χ4n) is 0.678. The predicted octanol–water partition coefficient (Wildman–Crippen LogP) is 0.228. The van der Waals surface area contributed by atoms with Gasteiger partial charge < -0.3 is 16.0 Å². The van der Waals surface area contributed by atoms with E-state index in [-0.39, 0.29) is 12.0 Å². The summed E-state index contributed by atoms with van der Waals surface area (Å²) in [6.07, 6.45) is 2.28. The van der Waals surface area contributed by atoms with Crippen molar-refractivity contribution in [2.45, 2.75) is 12.5 Å². The number of nitrogens with zero attached hydrogens (tertiary/aromatic N) is 2. The Labute approximate surface area is 64.1 Å². The van der Waals surface area contributed by atoms with E-state index in [1.165, 1.54) is 0 Å². The predicted molar refractivity (Wildman–Crippen MR) is 40.5 cm³/mol. The summed E-state index contributed by atoms with van der Waals surface area (Å²) in [4.78, 5) is 3.76. The zero-order chi connectivity index (χ0) is 8.27. The van der Waals surface area contributed by atoms with Crippen molar-refractivity contribution < 1.29 is 4.52 Å². The van der Waals surface area contributed by atoms with Crippen LogP contribution in [0.15, 0.2) is 17.2 Å². The van der Waals surface area contributed by atoms with E-state index >= 15 is 0 Å². The number of nitrogens with two attached hydrogens (primary N) is 2. The van der Waals surface area contributed by atoms with Crippen LogP contribution in [0.1, 0.15) is 18.4 Å². The monoisotopic (exact) mass is 154 g/mol. The van der Waals surface area contributed by atoms with Crippen LogP contribution in [0.4, 0.5) is 5.95 Å².